The van der Waals surface area contributed by atoms with Gasteiger partial charge in [0.2, 0.25) is 5.91 Å². The summed E-state index contributed by atoms with van der Waals surface area (Å²) in [4.78, 5) is 27.8. The maximum absolute atomic E-state index is 12.6. The predicted octanol–water partition coefficient (Wildman–Crippen LogP) is 1.74. The average molecular weight is 313 g/mol. The second-order valence-electron chi connectivity index (χ2n) is 5.40. The largest absolute Gasteiger partial charge is 0.393 e. The first-order valence-electron chi connectivity index (χ1n) is 6.88. The number of rotatable bonds is 2. The summed E-state index contributed by atoms with van der Waals surface area (Å²) in [7, 11) is 0. The first-order valence-corrected chi connectivity index (χ1v) is 6.88. The molecule has 0 saturated carbocycles. The molecule has 1 atom stereocenters. The zero-order valence-electron chi connectivity index (χ0n) is 11.6. The van der Waals surface area contributed by atoms with E-state index in [1.54, 1.807) is 24.3 Å². The minimum absolute atomic E-state index is 0.0696. The van der Waals surface area contributed by atoms with Crippen molar-refractivity contribution in [3.05, 3.63) is 34.7 Å². The van der Waals surface area contributed by atoms with Crippen molar-refractivity contribution in [3.63, 3.8) is 0 Å². The molecule has 2 heterocycles. The molecule has 1 N–H and O–H groups in total. The second-order valence-corrected chi connectivity index (χ2v) is 5.40. The van der Waals surface area contributed by atoms with Crippen LogP contribution in [0, 0.1) is 5.92 Å². The quantitative estimate of drug-likeness (QED) is 0.918. The Labute approximate surface area is 123 Å². The highest BCUT2D eigenvalue weighted by Gasteiger charge is 2.44. The lowest BCUT2D eigenvalue weighted by Crippen LogP contribution is -2.36. The van der Waals surface area contributed by atoms with Crippen LogP contribution in [0.5, 0.6) is 0 Å². The summed E-state index contributed by atoms with van der Waals surface area (Å²) < 4.78 is 39.2. The van der Waals surface area contributed by atoms with E-state index in [9.17, 15) is 22.8 Å². The molecule has 2 aromatic rings. The number of H-pyrrole nitrogens is 1. The number of carbonyl (C=O) groups excluding carboxylic acids is 1. The SMILES string of the molecule is O=C(Cn1c(=O)[nH]c2ccccc21)N1CCC(C(F)(F)F)C1. The molecule has 1 fully saturated rings. The maximum Gasteiger partial charge on any atom is 0.393 e. The molecule has 1 aromatic carbocycles. The fraction of sp³-hybridized carbons (Fsp3) is 0.429. The molecule has 118 valence electrons. The topological polar surface area (TPSA) is 58.1 Å². The highest BCUT2D eigenvalue weighted by molar-refractivity contribution is 5.80. The molecule has 1 amide bonds. The van der Waals surface area contributed by atoms with E-state index in [1.807, 2.05) is 0 Å². The van der Waals surface area contributed by atoms with Crippen LogP contribution in [0.25, 0.3) is 11.0 Å². The molecule has 0 spiro atoms. The highest BCUT2D eigenvalue weighted by atomic mass is 19.4. The molecular weight excluding hydrogens is 299 g/mol. The number of likely N-dealkylation sites (tertiary alicyclic amines) is 1. The van der Waals surface area contributed by atoms with E-state index in [0.717, 1.165) is 0 Å². The van der Waals surface area contributed by atoms with Gasteiger partial charge in [-0.3, -0.25) is 9.36 Å². The summed E-state index contributed by atoms with van der Waals surface area (Å²) in [5, 5.41) is 0. The molecule has 1 aliphatic heterocycles. The Morgan fingerprint density at radius 3 is 2.73 bits per heavy atom. The Hall–Kier alpha value is -2.25. The summed E-state index contributed by atoms with van der Waals surface area (Å²) >= 11 is 0. The van der Waals surface area contributed by atoms with E-state index in [1.165, 1.54) is 9.47 Å². The number of imidazole rings is 1. The minimum Gasteiger partial charge on any atom is -0.341 e. The van der Waals surface area contributed by atoms with Gasteiger partial charge < -0.3 is 9.88 Å². The van der Waals surface area contributed by atoms with Gasteiger partial charge in [-0.15, -0.1) is 0 Å². The molecule has 0 bridgehead atoms. The number of nitrogens with zero attached hydrogens (tertiary/aromatic N) is 2. The van der Waals surface area contributed by atoms with Gasteiger partial charge in [-0.05, 0) is 18.6 Å². The number of amides is 1. The van der Waals surface area contributed by atoms with Crippen molar-refractivity contribution < 1.29 is 18.0 Å². The van der Waals surface area contributed by atoms with E-state index in [0.29, 0.717) is 11.0 Å². The molecule has 0 aliphatic carbocycles. The van der Waals surface area contributed by atoms with Crippen molar-refractivity contribution in [3.8, 4) is 0 Å². The normalized spacial score (nSPS) is 19.0. The molecule has 1 aliphatic rings. The number of aromatic amines is 1. The number of carbonyl (C=O) groups is 1. The van der Waals surface area contributed by atoms with Crippen LogP contribution in [0.15, 0.2) is 29.1 Å². The first kappa shape index (κ1) is 14.7. The lowest BCUT2D eigenvalue weighted by molar-refractivity contribution is -0.171. The molecule has 1 aromatic heterocycles. The molecule has 3 rings (SSSR count). The van der Waals surface area contributed by atoms with Crippen LogP contribution >= 0.6 is 0 Å². The Morgan fingerprint density at radius 1 is 1.32 bits per heavy atom. The number of halogens is 3. The number of aromatic nitrogens is 2. The standard InChI is InChI=1S/C14H14F3N3O2/c15-14(16,17)9-5-6-19(7-9)12(21)8-20-11-4-2-1-3-10(11)18-13(20)22/h1-4,9H,5-8H2,(H,18,22). The molecule has 1 saturated heterocycles. The Morgan fingerprint density at radius 2 is 2.05 bits per heavy atom. The van der Waals surface area contributed by atoms with Crippen molar-refractivity contribution in [1.29, 1.82) is 0 Å². The minimum atomic E-state index is -4.29. The van der Waals surface area contributed by atoms with Gasteiger partial charge in [0.05, 0.1) is 17.0 Å². The van der Waals surface area contributed by atoms with Gasteiger partial charge in [0.15, 0.2) is 0 Å². The van der Waals surface area contributed by atoms with Crippen molar-refractivity contribution in [2.24, 2.45) is 5.92 Å². The van der Waals surface area contributed by atoms with Crippen molar-refractivity contribution in [1.82, 2.24) is 14.5 Å². The van der Waals surface area contributed by atoms with Crippen LogP contribution in [-0.4, -0.2) is 39.6 Å². The number of hydrogen-bond donors (Lipinski definition) is 1. The van der Waals surface area contributed by atoms with Gasteiger partial charge >= 0.3 is 11.9 Å². The Balaban J connectivity index is 1.77. The summed E-state index contributed by atoms with van der Waals surface area (Å²) in [6.07, 6.45) is -4.37. The lowest BCUT2D eigenvalue weighted by Gasteiger charge is -2.18. The zero-order valence-corrected chi connectivity index (χ0v) is 11.6. The van der Waals surface area contributed by atoms with Crippen molar-refractivity contribution >= 4 is 16.9 Å². The number of nitrogens with one attached hydrogen (secondary N) is 1. The summed E-state index contributed by atoms with van der Waals surface area (Å²) in [6, 6.07) is 6.86. The van der Waals surface area contributed by atoms with Crippen LogP contribution in [0.1, 0.15) is 6.42 Å². The summed E-state index contributed by atoms with van der Waals surface area (Å²) in [5.74, 6) is -1.95. The van der Waals surface area contributed by atoms with Crippen molar-refractivity contribution in [2.75, 3.05) is 13.1 Å². The first-order chi connectivity index (χ1) is 10.4. The summed E-state index contributed by atoms with van der Waals surface area (Å²) in [5.41, 5.74) is 0.712. The van der Waals surface area contributed by atoms with Crippen LogP contribution in [0.3, 0.4) is 0 Å². The molecule has 5 nitrogen and oxygen atoms in total. The molecule has 22 heavy (non-hydrogen) atoms. The number of benzene rings is 1. The van der Waals surface area contributed by atoms with Crippen LogP contribution in [-0.2, 0) is 11.3 Å². The van der Waals surface area contributed by atoms with Gasteiger partial charge in [0.25, 0.3) is 0 Å². The van der Waals surface area contributed by atoms with E-state index in [-0.39, 0.29) is 26.1 Å². The predicted molar refractivity (Wildman–Crippen MR) is 73.3 cm³/mol. The fourth-order valence-corrected chi connectivity index (χ4v) is 2.75. The van der Waals surface area contributed by atoms with E-state index in [4.69, 9.17) is 0 Å². The van der Waals surface area contributed by atoms with E-state index < -0.39 is 23.7 Å². The fourth-order valence-electron chi connectivity index (χ4n) is 2.75. The van der Waals surface area contributed by atoms with Gasteiger partial charge in [-0.2, -0.15) is 13.2 Å². The van der Waals surface area contributed by atoms with E-state index in [2.05, 4.69) is 4.98 Å². The van der Waals surface area contributed by atoms with Gasteiger partial charge in [-0.1, -0.05) is 12.1 Å². The lowest BCUT2D eigenvalue weighted by atomic mass is 10.1. The molecular formula is C14H14F3N3O2. The third-order valence-corrected chi connectivity index (χ3v) is 3.98. The van der Waals surface area contributed by atoms with Crippen LogP contribution < -0.4 is 5.69 Å². The highest BCUT2D eigenvalue weighted by Crippen LogP contribution is 2.33. The maximum atomic E-state index is 12.6. The molecule has 0 radical (unpaired) electrons. The third kappa shape index (κ3) is 2.60. The van der Waals surface area contributed by atoms with Crippen LogP contribution in [0.2, 0.25) is 0 Å². The Kier molecular flexibility index (Phi) is 3.46. The van der Waals surface area contributed by atoms with E-state index >= 15 is 0 Å². The zero-order chi connectivity index (χ0) is 15.9. The van der Waals surface area contributed by atoms with Gasteiger partial charge in [0, 0.05) is 13.1 Å². The number of fused-ring (bicyclic) bond motifs is 1. The summed E-state index contributed by atoms with van der Waals surface area (Å²) in [6.45, 7) is -0.521. The Bertz CT molecular complexity index is 763. The van der Waals surface area contributed by atoms with Gasteiger partial charge in [0.1, 0.15) is 6.54 Å². The number of hydrogen-bond acceptors (Lipinski definition) is 2. The van der Waals surface area contributed by atoms with Crippen LogP contribution in [0.4, 0.5) is 13.2 Å². The second kappa shape index (κ2) is 5.19. The average Bonchev–Trinajstić information content (AvgIpc) is 3.04. The number of alkyl halides is 3. The monoisotopic (exact) mass is 313 g/mol. The van der Waals surface area contributed by atoms with Gasteiger partial charge in [-0.25, -0.2) is 4.79 Å². The third-order valence-electron chi connectivity index (χ3n) is 3.98. The smallest absolute Gasteiger partial charge is 0.341 e. The molecule has 1 unspecified atom stereocenters. The number of para-hydroxylation sites is 2. The molecule has 8 heteroatoms. The van der Waals surface area contributed by atoms with Crippen molar-refractivity contribution in [2.45, 2.75) is 19.1 Å².